The number of benzene rings is 2. The Hall–Kier alpha value is -2.08. The van der Waals surface area contributed by atoms with Gasteiger partial charge in [-0.2, -0.15) is 0 Å². The van der Waals surface area contributed by atoms with Crippen molar-refractivity contribution in [1.82, 2.24) is 0 Å². The summed E-state index contributed by atoms with van der Waals surface area (Å²) in [6.07, 6.45) is 8.18. The first-order chi connectivity index (χ1) is 10.8. The third-order valence-electron chi connectivity index (χ3n) is 5.58. The molecular formula is C22H20. The Morgan fingerprint density at radius 2 is 1.36 bits per heavy atom. The van der Waals surface area contributed by atoms with E-state index in [0.717, 1.165) is 32.1 Å². The van der Waals surface area contributed by atoms with E-state index in [1.807, 2.05) is 0 Å². The van der Waals surface area contributed by atoms with Crippen LogP contribution in [-0.4, -0.2) is 0 Å². The molecule has 0 fully saturated rings. The fourth-order valence-corrected chi connectivity index (χ4v) is 4.34. The Balaban J connectivity index is 1.91. The van der Waals surface area contributed by atoms with E-state index in [0.29, 0.717) is 0 Å². The highest BCUT2D eigenvalue weighted by Gasteiger charge is 2.25. The number of rotatable bonds is 0. The molecule has 0 nitrogen and oxygen atoms in total. The van der Waals surface area contributed by atoms with Crippen molar-refractivity contribution < 1.29 is 0 Å². The Morgan fingerprint density at radius 1 is 0.727 bits per heavy atom. The number of aryl methyl sites for hydroxylation is 4. The zero-order valence-electron chi connectivity index (χ0n) is 13.1. The van der Waals surface area contributed by atoms with Crippen LogP contribution in [0.4, 0.5) is 0 Å². The molecule has 0 heterocycles. The van der Waals surface area contributed by atoms with Gasteiger partial charge in [-0.25, -0.2) is 0 Å². The molecule has 0 heteroatoms. The first-order valence-electron chi connectivity index (χ1n) is 8.44. The van der Waals surface area contributed by atoms with E-state index in [1.54, 1.807) is 0 Å². The second kappa shape index (κ2) is 4.46. The Morgan fingerprint density at radius 3 is 2.09 bits per heavy atom. The van der Waals surface area contributed by atoms with Crippen LogP contribution in [0.5, 0.6) is 0 Å². The van der Waals surface area contributed by atoms with Crippen LogP contribution in [0.25, 0.3) is 11.1 Å². The quantitative estimate of drug-likeness (QED) is 0.628. The topological polar surface area (TPSA) is 0 Å². The minimum absolute atomic E-state index is 1.11. The molecule has 0 radical (unpaired) electrons. The smallest absolute Gasteiger partial charge is 0.0113 e. The molecule has 2 aromatic carbocycles. The van der Waals surface area contributed by atoms with E-state index in [1.165, 1.54) is 50.1 Å². The van der Waals surface area contributed by atoms with Crippen LogP contribution in [0.15, 0.2) is 48.0 Å². The van der Waals surface area contributed by atoms with Crippen molar-refractivity contribution >= 4 is 11.1 Å². The SMILES string of the molecule is CC1=C2C(=CC1)c1cc3ccc1CCc1ccc(cc12)CC3. The molecule has 0 spiro atoms. The molecule has 0 saturated carbocycles. The van der Waals surface area contributed by atoms with Gasteiger partial charge in [0.2, 0.25) is 0 Å². The summed E-state index contributed by atoms with van der Waals surface area (Å²) in [7, 11) is 0. The lowest BCUT2D eigenvalue weighted by Crippen LogP contribution is -2.08. The summed E-state index contributed by atoms with van der Waals surface area (Å²) >= 11 is 0. The Kier molecular flexibility index (Phi) is 2.52. The molecule has 0 unspecified atom stereocenters. The van der Waals surface area contributed by atoms with Crippen LogP contribution >= 0.6 is 0 Å². The van der Waals surface area contributed by atoms with Gasteiger partial charge in [0.25, 0.3) is 0 Å². The van der Waals surface area contributed by atoms with E-state index in [9.17, 15) is 0 Å². The normalized spacial score (nSPS) is 18.3. The average molecular weight is 284 g/mol. The zero-order chi connectivity index (χ0) is 14.7. The highest BCUT2D eigenvalue weighted by atomic mass is 14.3. The summed E-state index contributed by atoms with van der Waals surface area (Å²) in [5.41, 5.74) is 13.6. The minimum Gasteiger partial charge on any atom is -0.0719 e. The molecule has 0 N–H and O–H groups in total. The predicted molar refractivity (Wildman–Crippen MR) is 92.9 cm³/mol. The number of fused-ring (bicyclic) bond motifs is 2. The fourth-order valence-electron chi connectivity index (χ4n) is 4.34. The predicted octanol–water partition coefficient (Wildman–Crippen LogP) is 5.14. The maximum absolute atomic E-state index is 2.48. The van der Waals surface area contributed by atoms with Crippen molar-refractivity contribution in [2.24, 2.45) is 0 Å². The van der Waals surface area contributed by atoms with Gasteiger partial charge in [-0.15, -0.1) is 0 Å². The van der Waals surface area contributed by atoms with Gasteiger partial charge < -0.3 is 0 Å². The fraction of sp³-hybridized carbons (Fsp3) is 0.273. The monoisotopic (exact) mass is 284 g/mol. The van der Waals surface area contributed by atoms with Crippen molar-refractivity contribution in [2.75, 3.05) is 0 Å². The van der Waals surface area contributed by atoms with Crippen molar-refractivity contribution in [3.63, 3.8) is 0 Å². The molecule has 5 rings (SSSR count). The molecule has 0 aliphatic heterocycles. The van der Waals surface area contributed by atoms with Crippen LogP contribution in [0.1, 0.15) is 46.7 Å². The summed E-state index contributed by atoms with van der Waals surface area (Å²) in [5.74, 6) is 0. The van der Waals surface area contributed by atoms with E-state index in [4.69, 9.17) is 0 Å². The van der Waals surface area contributed by atoms with Crippen molar-refractivity contribution in [3.8, 4) is 0 Å². The highest BCUT2D eigenvalue weighted by Crippen LogP contribution is 2.45. The van der Waals surface area contributed by atoms with Gasteiger partial charge in [0.15, 0.2) is 0 Å². The van der Waals surface area contributed by atoms with Crippen molar-refractivity contribution in [3.05, 3.63) is 81.4 Å². The minimum atomic E-state index is 1.11. The van der Waals surface area contributed by atoms with Crippen LogP contribution in [0, 0.1) is 0 Å². The van der Waals surface area contributed by atoms with Crippen molar-refractivity contribution in [2.45, 2.75) is 39.0 Å². The van der Waals surface area contributed by atoms with E-state index in [-0.39, 0.29) is 0 Å². The van der Waals surface area contributed by atoms with Crippen LogP contribution < -0.4 is 0 Å². The van der Waals surface area contributed by atoms with Gasteiger partial charge in [0.1, 0.15) is 0 Å². The maximum atomic E-state index is 2.48. The van der Waals surface area contributed by atoms with Gasteiger partial charge >= 0.3 is 0 Å². The third-order valence-corrected chi connectivity index (χ3v) is 5.58. The number of hydrogen-bond donors (Lipinski definition) is 0. The highest BCUT2D eigenvalue weighted by molar-refractivity contribution is 6.09. The maximum Gasteiger partial charge on any atom is -0.0113 e. The number of hydrogen-bond acceptors (Lipinski definition) is 0. The third kappa shape index (κ3) is 1.70. The summed E-state index contributed by atoms with van der Waals surface area (Å²) in [4.78, 5) is 0. The zero-order valence-corrected chi connectivity index (χ0v) is 13.1. The molecule has 3 aliphatic carbocycles. The molecule has 3 aliphatic rings. The Labute approximate surface area is 132 Å². The van der Waals surface area contributed by atoms with Crippen LogP contribution in [0.3, 0.4) is 0 Å². The van der Waals surface area contributed by atoms with Gasteiger partial charge in [-0.05, 0) is 83.6 Å². The van der Waals surface area contributed by atoms with Gasteiger partial charge in [-0.3, -0.25) is 0 Å². The molecule has 108 valence electrons. The first kappa shape index (κ1) is 12.5. The molecule has 22 heavy (non-hydrogen) atoms. The van der Waals surface area contributed by atoms with E-state index >= 15 is 0 Å². The molecule has 0 atom stereocenters. The average Bonchev–Trinajstić information content (AvgIpc) is 2.89. The second-order valence-electron chi connectivity index (χ2n) is 6.96. The molecule has 0 aromatic heterocycles. The lowest BCUT2D eigenvalue weighted by atomic mass is 9.80. The molecule has 0 amide bonds. The largest absolute Gasteiger partial charge is 0.0719 e. The molecule has 0 saturated heterocycles. The van der Waals surface area contributed by atoms with Crippen LogP contribution in [0.2, 0.25) is 0 Å². The second-order valence-corrected chi connectivity index (χ2v) is 6.96. The molecule has 4 bridgehead atoms. The van der Waals surface area contributed by atoms with Crippen molar-refractivity contribution in [1.29, 1.82) is 0 Å². The number of allylic oxidation sites excluding steroid dienone is 4. The molecular weight excluding hydrogens is 264 g/mol. The van der Waals surface area contributed by atoms with Gasteiger partial charge in [-0.1, -0.05) is 48.0 Å². The first-order valence-corrected chi connectivity index (χ1v) is 8.44. The van der Waals surface area contributed by atoms with Gasteiger partial charge in [0.05, 0.1) is 0 Å². The summed E-state index contributed by atoms with van der Waals surface area (Å²) in [6, 6.07) is 14.4. The summed E-state index contributed by atoms with van der Waals surface area (Å²) in [6.45, 7) is 2.31. The lowest BCUT2D eigenvalue weighted by molar-refractivity contribution is 0.911. The standard InChI is InChI=1S/C22H20/c1-14-2-11-19-20-12-15-3-4-16-6-8-18(21(13-16)22(14)19)10-9-17(20)7-5-15/h5-8,11-13H,2-4,9-10H2,1H3. The van der Waals surface area contributed by atoms with E-state index < -0.39 is 0 Å². The molecule has 2 aromatic rings. The lowest BCUT2D eigenvalue weighted by Gasteiger charge is -2.24. The van der Waals surface area contributed by atoms with Crippen LogP contribution in [-0.2, 0) is 25.7 Å². The summed E-state index contributed by atoms with van der Waals surface area (Å²) in [5, 5.41) is 0. The Bertz CT molecular complexity index is 862. The van der Waals surface area contributed by atoms with Gasteiger partial charge in [0, 0.05) is 0 Å². The van der Waals surface area contributed by atoms with E-state index in [2.05, 4.69) is 49.4 Å². The summed E-state index contributed by atoms with van der Waals surface area (Å²) < 4.78 is 0.